The number of benzene rings is 1. The van der Waals surface area contributed by atoms with E-state index in [-0.39, 0.29) is 19.0 Å². The maximum absolute atomic E-state index is 13.5. The summed E-state index contributed by atoms with van der Waals surface area (Å²) in [5, 5.41) is 0.862. The summed E-state index contributed by atoms with van der Waals surface area (Å²) in [5.41, 5.74) is 3.39. The number of hydrogen-bond acceptors (Lipinski definition) is 4. The normalized spacial score (nSPS) is 10.7. The number of methoxy groups -OCH3 is 1. The molecule has 0 spiro atoms. The number of rotatable bonds is 6. The molecule has 2 heterocycles. The van der Waals surface area contributed by atoms with Gasteiger partial charge in [0, 0.05) is 18.4 Å². The zero-order chi connectivity index (χ0) is 21.8. The van der Waals surface area contributed by atoms with Crippen LogP contribution in [0.2, 0.25) is 10.0 Å². The van der Waals surface area contributed by atoms with Gasteiger partial charge in [-0.3, -0.25) is 9.78 Å². The molecule has 0 bridgehead atoms. The van der Waals surface area contributed by atoms with E-state index in [4.69, 9.17) is 27.9 Å². The van der Waals surface area contributed by atoms with Crippen molar-refractivity contribution >= 4 is 35.1 Å². The van der Waals surface area contributed by atoms with Crippen LogP contribution in [-0.2, 0) is 17.8 Å². The zero-order valence-corrected chi connectivity index (χ0v) is 18.3. The summed E-state index contributed by atoms with van der Waals surface area (Å²) in [4.78, 5) is 34.6. The van der Waals surface area contributed by atoms with Crippen LogP contribution < -0.4 is 0 Å². The van der Waals surface area contributed by atoms with Crippen LogP contribution in [0.1, 0.15) is 43.4 Å². The van der Waals surface area contributed by atoms with Gasteiger partial charge in [0.2, 0.25) is 0 Å². The van der Waals surface area contributed by atoms with Crippen molar-refractivity contribution in [1.82, 2.24) is 14.9 Å². The molecule has 1 aromatic carbocycles. The van der Waals surface area contributed by atoms with E-state index < -0.39 is 5.97 Å². The SMILES string of the molecule is COC(=O)c1c(C)[nH]c(C(=O)N(Cc2ccc(Cl)c(Cl)c2)Cc2ccccn2)c1C. The number of esters is 1. The molecule has 3 rings (SSSR count). The summed E-state index contributed by atoms with van der Waals surface area (Å²) in [7, 11) is 1.31. The number of halogens is 2. The number of amides is 1. The first kappa shape index (κ1) is 21.9. The van der Waals surface area contributed by atoms with Gasteiger partial charge in [-0.2, -0.15) is 0 Å². The highest BCUT2D eigenvalue weighted by Gasteiger charge is 2.26. The molecule has 6 nitrogen and oxygen atoms in total. The number of aromatic nitrogens is 2. The standard InChI is InChI=1S/C22H21Cl2N3O3/c1-13-19(22(29)30-3)14(2)26-20(13)21(28)27(12-16-6-4-5-9-25-16)11-15-7-8-17(23)18(24)10-15/h4-10,26H,11-12H2,1-3H3. The Morgan fingerprint density at radius 3 is 2.50 bits per heavy atom. The van der Waals surface area contributed by atoms with Crippen LogP contribution in [0.15, 0.2) is 42.6 Å². The minimum atomic E-state index is -0.485. The van der Waals surface area contributed by atoms with Crippen LogP contribution in [0, 0.1) is 13.8 Å². The fraction of sp³-hybridized carbons (Fsp3) is 0.227. The largest absolute Gasteiger partial charge is 0.465 e. The van der Waals surface area contributed by atoms with Crippen LogP contribution >= 0.6 is 23.2 Å². The van der Waals surface area contributed by atoms with E-state index >= 15 is 0 Å². The van der Waals surface area contributed by atoms with E-state index in [1.54, 1.807) is 37.1 Å². The maximum atomic E-state index is 13.5. The van der Waals surface area contributed by atoms with Gasteiger partial charge in [0.05, 0.1) is 35.0 Å². The smallest absolute Gasteiger partial charge is 0.339 e. The molecule has 0 unspecified atom stereocenters. The summed E-state index contributed by atoms with van der Waals surface area (Å²) < 4.78 is 4.85. The second-order valence-corrected chi connectivity index (χ2v) is 7.66. The van der Waals surface area contributed by atoms with E-state index in [2.05, 4.69) is 9.97 Å². The predicted octanol–water partition coefficient (Wildman–Crippen LogP) is 4.96. The molecule has 1 N–H and O–H groups in total. The van der Waals surface area contributed by atoms with Crippen molar-refractivity contribution in [3.63, 3.8) is 0 Å². The predicted molar refractivity (Wildman–Crippen MR) is 116 cm³/mol. The lowest BCUT2D eigenvalue weighted by atomic mass is 10.1. The Labute approximate surface area is 184 Å². The number of hydrogen-bond donors (Lipinski definition) is 1. The van der Waals surface area contributed by atoms with Gasteiger partial charge in [0.15, 0.2) is 0 Å². The van der Waals surface area contributed by atoms with Crippen molar-refractivity contribution in [3.05, 3.63) is 86.4 Å². The molecule has 156 valence electrons. The van der Waals surface area contributed by atoms with Gasteiger partial charge in [-0.15, -0.1) is 0 Å². The molecule has 2 aromatic heterocycles. The first-order chi connectivity index (χ1) is 14.3. The van der Waals surface area contributed by atoms with Crippen molar-refractivity contribution in [1.29, 1.82) is 0 Å². The fourth-order valence-electron chi connectivity index (χ4n) is 3.28. The van der Waals surface area contributed by atoms with Crippen molar-refractivity contribution in [3.8, 4) is 0 Å². The van der Waals surface area contributed by atoms with Gasteiger partial charge in [-0.25, -0.2) is 4.79 Å². The van der Waals surface area contributed by atoms with Crippen molar-refractivity contribution in [2.75, 3.05) is 7.11 Å². The van der Waals surface area contributed by atoms with Gasteiger partial charge < -0.3 is 14.6 Å². The molecule has 30 heavy (non-hydrogen) atoms. The van der Waals surface area contributed by atoms with Crippen LogP contribution in [0.4, 0.5) is 0 Å². The van der Waals surface area contributed by atoms with Gasteiger partial charge in [-0.1, -0.05) is 35.3 Å². The van der Waals surface area contributed by atoms with Crippen molar-refractivity contribution in [2.45, 2.75) is 26.9 Å². The average molecular weight is 446 g/mol. The molecular weight excluding hydrogens is 425 g/mol. The highest BCUT2D eigenvalue weighted by atomic mass is 35.5. The molecule has 3 aromatic rings. The number of aromatic amines is 1. The number of ether oxygens (including phenoxy) is 1. The van der Waals surface area contributed by atoms with Crippen molar-refractivity contribution < 1.29 is 14.3 Å². The van der Waals surface area contributed by atoms with Crippen LogP contribution in [0.3, 0.4) is 0 Å². The second kappa shape index (κ2) is 9.32. The number of H-pyrrole nitrogens is 1. The summed E-state index contributed by atoms with van der Waals surface area (Å²) in [5.74, 6) is -0.747. The molecule has 0 atom stereocenters. The second-order valence-electron chi connectivity index (χ2n) is 6.85. The molecular formula is C22H21Cl2N3O3. The minimum Gasteiger partial charge on any atom is -0.465 e. The van der Waals surface area contributed by atoms with Crippen molar-refractivity contribution in [2.24, 2.45) is 0 Å². The van der Waals surface area contributed by atoms with E-state index in [1.165, 1.54) is 7.11 Å². The fourth-order valence-corrected chi connectivity index (χ4v) is 3.60. The number of nitrogens with one attached hydrogen (secondary N) is 1. The first-order valence-electron chi connectivity index (χ1n) is 9.22. The molecule has 0 aliphatic heterocycles. The Hall–Kier alpha value is -2.83. The first-order valence-corrected chi connectivity index (χ1v) is 9.98. The average Bonchev–Trinajstić information content (AvgIpc) is 3.04. The molecule has 0 saturated carbocycles. The van der Waals surface area contributed by atoms with Gasteiger partial charge in [0.1, 0.15) is 5.69 Å². The highest BCUT2D eigenvalue weighted by Crippen LogP contribution is 2.25. The molecule has 0 fully saturated rings. The number of nitrogens with zero attached hydrogens (tertiary/aromatic N) is 2. The zero-order valence-electron chi connectivity index (χ0n) is 16.8. The molecule has 0 saturated heterocycles. The quantitative estimate of drug-likeness (QED) is 0.543. The third kappa shape index (κ3) is 4.66. The third-order valence-electron chi connectivity index (χ3n) is 4.76. The van der Waals surface area contributed by atoms with Gasteiger partial charge >= 0.3 is 5.97 Å². The monoisotopic (exact) mass is 445 g/mol. The maximum Gasteiger partial charge on any atom is 0.339 e. The number of aryl methyl sites for hydroxylation is 1. The molecule has 1 amide bonds. The Morgan fingerprint density at radius 2 is 1.87 bits per heavy atom. The Bertz CT molecular complexity index is 1080. The lowest BCUT2D eigenvalue weighted by molar-refractivity contribution is 0.0599. The Kier molecular flexibility index (Phi) is 6.80. The molecule has 8 heteroatoms. The summed E-state index contributed by atoms with van der Waals surface area (Å²) in [6.45, 7) is 4.03. The van der Waals surface area contributed by atoms with E-state index in [0.29, 0.717) is 32.6 Å². The van der Waals surface area contributed by atoms with E-state index in [0.717, 1.165) is 11.3 Å². The minimum absolute atomic E-state index is 0.262. The van der Waals surface area contributed by atoms with Gasteiger partial charge in [-0.05, 0) is 49.2 Å². The van der Waals surface area contributed by atoms with E-state index in [9.17, 15) is 9.59 Å². The summed E-state index contributed by atoms with van der Waals surface area (Å²) >= 11 is 12.2. The summed E-state index contributed by atoms with van der Waals surface area (Å²) in [6.07, 6.45) is 1.68. The topological polar surface area (TPSA) is 75.3 Å². The molecule has 0 aliphatic carbocycles. The van der Waals surface area contributed by atoms with Crippen LogP contribution in [0.25, 0.3) is 0 Å². The lowest BCUT2D eigenvalue weighted by Gasteiger charge is -2.23. The van der Waals surface area contributed by atoms with E-state index in [1.807, 2.05) is 24.3 Å². The third-order valence-corrected chi connectivity index (χ3v) is 5.50. The highest BCUT2D eigenvalue weighted by molar-refractivity contribution is 6.42. The van der Waals surface area contributed by atoms with Gasteiger partial charge in [0.25, 0.3) is 5.91 Å². The van der Waals surface area contributed by atoms with Crippen LogP contribution in [-0.4, -0.2) is 33.9 Å². The summed E-state index contributed by atoms with van der Waals surface area (Å²) in [6, 6.07) is 10.8. The Balaban J connectivity index is 1.98. The van der Waals surface area contributed by atoms with Crippen LogP contribution in [0.5, 0.6) is 0 Å². The number of pyridine rings is 1. The lowest BCUT2D eigenvalue weighted by Crippen LogP contribution is -2.31. The molecule has 0 aliphatic rings. The number of carbonyl (C=O) groups excluding carboxylic acids is 2. The Morgan fingerprint density at radius 1 is 1.10 bits per heavy atom. The number of carbonyl (C=O) groups is 2. The molecule has 0 radical (unpaired) electrons.